The molecule has 0 rings (SSSR count). The number of hydrogen-bond donors (Lipinski definition) is 2. The summed E-state index contributed by atoms with van der Waals surface area (Å²) >= 11 is -0.611. The molecular weight excluding hydrogens is 140 g/mol. The molecule has 2 N–H and O–H groups in total. The summed E-state index contributed by atoms with van der Waals surface area (Å²) in [5.41, 5.74) is 0. The van der Waals surface area contributed by atoms with E-state index in [4.69, 9.17) is 10.2 Å². The van der Waals surface area contributed by atoms with Gasteiger partial charge in [0.25, 0.3) is 0 Å². The third-order valence-corrected chi connectivity index (χ3v) is 0. The molecule has 0 aromatic rings. The Bertz CT molecular complexity index is 23.4. The van der Waals surface area contributed by atoms with Gasteiger partial charge < -0.3 is 14.8 Å². The van der Waals surface area contributed by atoms with Gasteiger partial charge in [-0.25, -0.2) is 0 Å². The van der Waals surface area contributed by atoms with E-state index in [0.717, 1.165) is 7.11 Å². The highest BCUT2D eigenvalue weighted by atomic mass is 32.2. The summed E-state index contributed by atoms with van der Waals surface area (Å²) in [5.74, 6) is 0. The third-order valence-electron chi connectivity index (χ3n) is 0. The van der Waals surface area contributed by atoms with E-state index in [9.17, 15) is 4.55 Å². The number of rotatable bonds is 0. The molecule has 3 nitrogen and oxygen atoms in total. The monoisotopic (exact) mass is 156 g/mol. The van der Waals surface area contributed by atoms with Gasteiger partial charge in [0.1, 0.15) is 0 Å². The van der Waals surface area contributed by atoms with Crippen molar-refractivity contribution in [2.24, 2.45) is 0 Å². The smallest absolute Gasteiger partial charge is 0.0946 e. The Labute approximate surface area is 59.9 Å². The molecule has 0 atom stereocenters. The molecule has 0 aliphatic rings. The van der Waals surface area contributed by atoms with Crippen molar-refractivity contribution in [1.29, 1.82) is 0 Å². The van der Waals surface area contributed by atoms with Crippen LogP contribution in [-0.2, 0) is 11.2 Å². The van der Waals surface area contributed by atoms with Gasteiger partial charge >= 0.3 is 0 Å². The molecule has 0 aliphatic carbocycles. The second-order valence-corrected chi connectivity index (χ2v) is 2.54. The fourth-order valence-electron chi connectivity index (χ4n) is 0. The summed E-state index contributed by atoms with van der Waals surface area (Å²) in [4.78, 5) is 0. The van der Waals surface area contributed by atoms with Crippen LogP contribution in [0.3, 0.4) is 0 Å². The Balaban J connectivity index is -0.0000000646. The minimum atomic E-state index is -0.611. The van der Waals surface area contributed by atoms with Crippen LogP contribution in [0.4, 0.5) is 0 Å². The molecule has 0 saturated heterocycles. The lowest BCUT2D eigenvalue weighted by atomic mass is 10.9. The minimum Gasteiger partial charge on any atom is -0.617 e. The average molecular weight is 156 g/mol. The van der Waals surface area contributed by atoms with Crippen molar-refractivity contribution >= 4 is 11.2 Å². The van der Waals surface area contributed by atoms with Gasteiger partial charge in [0.2, 0.25) is 0 Å². The number of aliphatic hydroxyl groups is 2. The Morgan fingerprint density at radius 1 is 1.33 bits per heavy atom. The van der Waals surface area contributed by atoms with E-state index < -0.39 is 11.2 Å². The Hall–Kier alpha value is 0.230. The second kappa shape index (κ2) is 24.0. The van der Waals surface area contributed by atoms with Gasteiger partial charge in [-0.2, -0.15) is 0 Å². The molecule has 0 saturated carbocycles. The van der Waals surface area contributed by atoms with E-state index in [2.05, 4.69) is 0 Å². The van der Waals surface area contributed by atoms with E-state index in [1.54, 1.807) is 19.4 Å². The molecule has 0 bridgehead atoms. The van der Waals surface area contributed by atoms with Crippen molar-refractivity contribution in [3.63, 3.8) is 0 Å². The van der Waals surface area contributed by atoms with Crippen LogP contribution in [0, 0.1) is 0 Å². The Kier molecular flexibility index (Phi) is 43.0. The molecular formula is C5H16O3S. The summed E-state index contributed by atoms with van der Waals surface area (Å²) in [7, 11) is 1.00. The Morgan fingerprint density at radius 2 is 1.33 bits per heavy atom. The highest BCUT2D eigenvalue weighted by molar-refractivity contribution is 7.89. The first kappa shape index (κ1) is 16.1. The maximum atomic E-state index is 9.56. The minimum absolute atomic E-state index is 0.250. The fourth-order valence-corrected chi connectivity index (χ4v) is 0. The first-order valence-electron chi connectivity index (χ1n) is 2.45. The van der Waals surface area contributed by atoms with Crippen LogP contribution in [0.25, 0.3) is 0 Å². The van der Waals surface area contributed by atoms with Gasteiger partial charge in [-0.05, 0) is 6.92 Å². The molecule has 9 heavy (non-hydrogen) atoms. The van der Waals surface area contributed by atoms with Gasteiger partial charge in [0.15, 0.2) is 0 Å². The second-order valence-electron chi connectivity index (χ2n) is 1.06. The zero-order valence-corrected chi connectivity index (χ0v) is 7.23. The molecule has 0 heterocycles. The summed E-state index contributed by atoms with van der Waals surface area (Å²) < 4.78 is 9.56. The predicted octanol–water partition coefficient (Wildman–Crippen LogP) is -0.398. The van der Waals surface area contributed by atoms with E-state index in [-0.39, 0.29) is 6.61 Å². The van der Waals surface area contributed by atoms with Crippen LogP contribution in [0.15, 0.2) is 0 Å². The molecule has 0 amide bonds. The van der Waals surface area contributed by atoms with Gasteiger partial charge in [-0.1, -0.05) is 11.2 Å². The number of hydrogen-bond acceptors (Lipinski definition) is 3. The molecule has 0 fully saturated rings. The SMILES string of the molecule is CCO.CO.C[S+](C)[O-]. The van der Waals surface area contributed by atoms with Crippen molar-refractivity contribution in [3.05, 3.63) is 0 Å². The van der Waals surface area contributed by atoms with Crippen LogP contribution in [0.5, 0.6) is 0 Å². The summed E-state index contributed by atoms with van der Waals surface area (Å²) in [6, 6.07) is 0. The first-order valence-corrected chi connectivity index (χ1v) is 4.42. The average Bonchev–Trinajstić information content (AvgIpc) is 1.71. The van der Waals surface area contributed by atoms with Crippen molar-refractivity contribution in [3.8, 4) is 0 Å². The first-order chi connectivity index (χ1) is 4.15. The van der Waals surface area contributed by atoms with Crippen LogP contribution in [-0.4, -0.2) is 41.0 Å². The largest absolute Gasteiger partial charge is 0.617 e. The maximum absolute atomic E-state index is 9.56. The van der Waals surface area contributed by atoms with E-state index in [1.165, 1.54) is 0 Å². The van der Waals surface area contributed by atoms with E-state index in [0.29, 0.717) is 0 Å². The lowest BCUT2D eigenvalue weighted by molar-refractivity contribution is 0.318. The molecule has 0 radical (unpaired) electrons. The highest BCUT2D eigenvalue weighted by Crippen LogP contribution is 1.61. The van der Waals surface area contributed by atoms with Crippen molar-refractivity contribution in [2.75, 3.05) is 26.2 Å². The maximum Gasteiger partial charge on any atom is 0.0946 e. The molecule has 60 valence electrons. The summed E-state index contributed by atoms with van der Waals surface area (Å²) in [6.07, 6.45) is 3.28. The van der Waals surface area contributed by atoms with Gasteiger partial charge in [-0.3, -0.25) is 0 Å². The van der Waals surface area contributed by atoms with Crippen molar-refractivity contribution in [1.82, 2.24) is 0 Å². The zero-order chi connectivity index (χ0) is 8.28. The van der Waals surface area contributed by atoms with Crippen molar-refractivity contribution in [2.45, 2.75) is 6.92 Å². The van der Waals surface area contributed by atoms with Gasteiger partial charge in [0, 0.05) is 13.7 Å². The zero-order valence-electron chi connectivity index (χ0n) is 6.42. The molecule has 0 aliphatic heterocycles. The lowest BCUT2D eigenvalue weighted by Crippen LogP contribution is -1.86. The van der Waals surface area contributed by atoms with E-state index in [1.807, 2.05) is 0 Å². The number of aliphatic hydroxyl groups excluding tert-OH is 2. The van der Waals surface area contributed by atoms with E-state index >= 15 is 0 Å². The third kappa shape index (κ3) is 6040. The standard InChI is InChI=1S/C2H6OS.C2H6O.CH4O/c1-4(2)3;1-2-3;1-2/h1-2H3;3H,2H2,1H3;2H,1H3. The lowest BCUT2D eigenvalue weighted by Gasteiger charge is -1.87. The van der Waals surface area contributed by atoms with Crippen LogP contribution < -0.4 is 0 Å². The molecule has 4 heteroatoms. The summed E-state index contributed by atoms with van der Waals surface area (Å²) in [6.45, 7) is 1.93. The Morgan fingerprint density at radius 3 is 1.33 bits per heavy atom. The summed E-state index contributed by atoms with van der Waals surface area (Å²) in [5, 5.41) is 14.6. The van der Waals surface area contributed by atoms with Crippen LogP contribution in [0.2, 0.25) is 0 Å². The molecule has 0 aromatic heterocycles. The quantitative estimate of drug-likeness (QED) is 0.469. The fraction of sp³-hybridized carbons (Fsp3) is 1.00. The van der Waals surface area contributed by atoms with Gasteiger partial charge in [-0.15, -0.1) is 0 Å². The predicted molar refractivity (Wildman–Crippen MR) is 40.9 cm³/mol. The van der Waals surface area contributed by atoms with Crippen LogP contribution in [0.1, 0.15) is 6.92 Å². The highest BCUT2D eigenvalue weighted by Gasteiger charge is 1.66. The van der Waals surface area contributed by atoms with Crippen LogP contribution >= 0.6 is 0 Å². The molecule has 0 unspecified atom stereocenters. The normalized spacial score (nSPS) is 6.67. The van der Waals surface area contributed by atoms with Gasteiger partial charge in [0.05, 0.1) is 12.5 Å². The molecule has 0 spiro atoms. The molecule has 0 aromatic carbocycles. The van der Waals surface area contributed by atoms with Crippen molar-refractivity contribution < 1.29 is 14.8 Å². The topological polar surface area (TPSA) is 63.5 Å².